The molecule has 8 heavy (non-hydrogen) atoms. The minimum Gasteiger partial charge on any atom is -1.00 e. The SMILES string of the molecule is [Br-].[Co+3].[NH2-].[NH2-].[NH2-].[NH2-].[NH2-].[NH2-]. The quantitative estimate of drug-likeness (QED) is 0.582. The third kappa shape index (κ3) is 400. The molecule has 0 fully saturated rings. The van der Waals surface area contributed by atoms with Gasteiger partial charge in [0, 0.05) is 0 Å². The van der Waals surface area contributed by atoms with Crippen molar-refractivity contribution in [3.05, 3.63) is 36.9 Å². The summed E-state index contributed by atoms with van der Waals surface area (Å²) >= 11 is 0. The van der Waals surface area contributed by atoms with Gasteiger partial charge in [-0.25, -0.2) is 0 Å². The Morgan fingerprint density at radius 2 is 0.375 bits per heavy atom. The number of rotatable bonds is 0. The monoisotopic (exact) mass is 234 g/mol. The van der Waals surface area contributed by atoms with Crippen molar-refractivity contribution in [3.8, 4) is 0 Å². The largest absolute Gasteiger partial charge is 3.00 e. The number of halogens is 1. The Hall–Kier alpha value is 0.746. The fourth-order valence-corrected chi connectivity index (χ4v) is 0. The molecule has 0 unspecified atom stereocenters. The Bertz CT molecular complexity index is 8.49. The van der Waals surface area contributed by atoms with Gasteiger partial charge in [0.05, 0.1) is 0 Å². The molecule has 0 bridgehead atoms. The molecule has 0 amide bonds. The zero-order valence-corrected chi connectivity index (χ0v) is 6.80. The summed E-state index contributed by atoms with van der Waals surface area (Å²) in [5.74, 6) is 0. The Morgan fingerprint density at radius 3 is 0.375 bits per heavy atom. The molecule has 0 heterocycles. The molecule has 0 aromatic carbocycles. The van der Waals surface area contributed by atoms with Crippen LogP contribution in [0.3, 0.4) is 0 Å². The van der Waals surface area contributed by atoms with E-state index in [1.165, 1.54) is 0 Å². The summed E-state index contributed by atoms with van der Waals surface area (Å²) in [5.41, 5.74) is 0. The van der Waals surface area contributed by atoms with E-state index in [9.17, 15) is 0 Å². The molecule has 0 radical (unpaired) electrons. The molecule has 0 aliphatic carbocycles. The van der Waals surface area contributed by atoms with Crippen LogP contribution in [0.4, 0.5) is 0 Å². The Balaban J connectivity index is 0. The maximum absolute atomic E-state index is 0. The van der Waals surface area contributed by atoms with Crippen LogP contribution < -0.4 is 17.0 Å². The van der Waals surface area contributed by atoms with Crippen LogP contribution in [0.25, 0.3) is 36.9 Å². The minimum atomic E-state index is 0. The van der Waals surface area contributed by atoms with Crippen LogP contribution in [0.2, 0.25) is 0 Å². The van der Waals surface area contributed by atoms with Gasteiger partial charge in [-0.1, -0.05) is 0 Å². The molecule has 0 rings (SSSR count). The minimum absolute atomic E-state index is 0. The van der Waals surface area contributed by atoms with Crippen molar-refractivity contribution in [2.45, 2.75) is 0 Å². The zero-order valence-electron chi connectivity index (χ0n) is 4.18. The molecular weight excluding hydrogens is 223 g/mol. The van der Waals surface area contributed by atoms with E-state index in [4.69, 9.17) is 0 Å². The third-order valence-electron chi connectivity index (χ3n) is 0. The van der Waals surface area contributed by atoms with Crippen LogP contribution in [0.5, 0.6) is 0 Å². The van der Waals surface area contributed by atoms with Gasteiger partial charge in [0.15, 0.2) is 0 Å². The summed E-state index contributed by atoms with van der Waals surface area (Å²) in [5, 5.41) is 0. The maximum atomic E-state index is 0. The molecule has 0 aromatic heterocycles. The van der Waals surface area contributed by atoms with Gasteiger partial charge in [-0.05, 0) is 0 Å². The summed E-state index contributed by atoms with van der Waals surface area (Å²) in [6.45, 7) is 0. The molecule has 0 saturated carbocycles. The van der Waals surface area contributed by atoms with Gasteiger partial charge in [-0.15, -0.1) is 0 Å². The summed E-state index contributed by atoms with van der Waals surface area (Å²) in [4.78, 5) is 0. The molecule has 0 aliphatic heterocycles. The average Bonchev–Trinajstić information content (AvgIpc) is 0. The number of hydrogen-bond donors (Lipinski definition) is 0. The second-order valence-corrected chi connectivity index (χ2v) is 0. The number of hydrogen-bond acceptors (Lipinski definition) is 0. The summed E-state index contributed by atoms with van der Waals surface area (Å²) in [7, 11) is 0. The van der Waals surface area contributed by atoms with Gasteiger partial charge in [0.25, 0.3) is 0 Å². The topological polar surface area (TPSA) is 201 Å². The van der Waals surface area contributed by atoms with Crippen molar-refractivity contribution < 1.29 is 33.8 Å². The molecule has 0 atom stereocenters. The van der Waals surface area contributed by atoms with E-state index in [1.54, 1.807) is 0 Å². The first-order valence-corrected chi connectivity index (χ1v) is 0. The van der Waals surface area contributed by atoms with Gasteiger partial charge in [0.2, 0.25) is 0 Å². The third-order valence-corrected chi connectivity index (χ3v) is 0. The number of nitrogens with two attached hydrogens (primary N) is 6. The molecule has 62 valence electrons. The van der Waals surface area contributed by atoms with Crippen LogP contribution in [0.15, 0.2) is 0 Å². The average molecular weight is 235 g/mol. The van der Waals surface area contributed by atoms with Crippen molar-refractivity contribution in [2.75, 3.05) is 0 Å². The second-order valence-electron chi connectivity index (χ2n) is 0. The first-order valence-electron chi connectivity index (χ1n) is 0. The molecule has 6 nitrogen and oxygen atoms in total. The summed E-state index contributed by atoms with van der Waals surface area (Å²) in [6, 6.07) is 0. The fourth-order valence-electron chi connectivity index (χ4n) is 0. The first-order chi connectivity index (χ1) is 0. The first kappa shape index (κ1) is 942. The predicted octanol–water partition coefficient (Wildman–Crippen LogP) is 1.30. The van der Waals surface area contributed by atoms with Crippen molar-refractivity contribution in [1.29, 1.82) is 0 Å². The smallest absolute Gasteiger partial charge is 1.00 e. The molecular formula is H12BrCoN6-4. The van der Waals surface area contributed by atoms with Crippen molar-refractivity contribution in [1.82, 2.24) is 0 Å². The van der Waals surface area contributed by atoms with Gasteiger partial charge < -0.3 is 53.9 Å². The second kappa shape index (κ2) is 633. The predicted molar refractivity (Wildman–Crippen MR) is 31.7 cm³/mol. The molecule has 0 aliphatic rings. The standard InChI is InChI=1S/BrH.Co.6H2N/h1H;;6*1H2/q;+3;6*-1/p-1. The Kier molecular flexibility index (Phi) is 74500. The van der Waals surface area contributed by atoms with Gasteiger partial charge in [-0.2, -0.15) is 0 Å². The van der Waals surface area contributed by atoms with E-state index < -0.39 is 0 Å². The van der Waals surface area contributed by atoms with E-state index >= 15 is 0 Å². The van der Waals surface area contributed by atoms with Crippen LogP contribution in [-0.2, 0) is 16.8 Å². The van der Waals surface area contributed by atoms with E-state index in [0.717, 1.165) is 0 Å². The Morgan fingerprint density at radius 1 is 0.375 bits per heavy atom. The maximum Gasteiger partial charge on any atom is 3.00 e. The van der Waals surface area contributed by atoms with Gasteiger partial charge >= 0.3 is 16.8 Å². The molecule has 12 N–H and O–H groups in total. The van der Waals surface area contributed by atoms with E-state index in [2.05, 4.69) is 0 Å². The zero-order chi connectivity index (χ0) is 0. The van der Waals surface area contributed by atoms with Crippen LogP contribution in [0, 0.1) is 0 Å². The fraction of sp³-hybridized carbons (Fsp3) is 0. The van der Waals surface area contributed by atoms with Crippen molar-refractivity contribution in [2.24, 2.45) is 0 Å². The van der Waals surface area contributed by atoms with Crippen LogP contribution in [-0.4, -0.2) is 0 Å². The molecule has 0 aromatic rings. The van der Waals surface area contributed by atoms with Gasteiger partial charge in [0.1, 0.15) is 0 Å². The van der Waals surface area contributed by atoms with Crippen LogP contribution in [0.1, 0.15) is 0 Å². The molecule has 0 saturated heterocycles. The molecule has 0 spiro atoms. The van der Waals surface area contributed by atoms with Gasteiger partial charge in [-0.3, -0.25) is 0 Å². The molecule has 8 heteroatoms. The van der Waals surface area contributed by atoms with E-state index in [0.29, 0.717) is 0 Å². The summed E-state index contributed by atoms with van der Waals surface area (Å²) < 4.78 is 0. The van der Waals surface area contributed by atoms with E-state index in [-0.39, 0.29) is 70.7 Å². The van der Waals surface area contributed by atoms with E-state index in [1.807, 2.05) is 0 Å². The Labute approximate surface area is 71.0 Å². The van der Waals surface area contributed by atoms with Crippen LogP contribution >= 0.6 is 0 Å². The van der Waals surface area contributed by atoms with Crippen molar-refractivity contribution >= 4 is 0 Å². The summed E-state index contributed by atoms with van der Waals surface area (Å²) in [6.07, 6.45) is 0. The van der Waals surface area contributed by atoms with Crippen molar-refractivity contribution in [3.63, 3.8) is 0 Å². The normalized spacial score (nSPS) is 0.